The van der Waals surface area contributed by atoms with Gasteiger partial charge in [-0.05, 0) is 32.4 Å². The van der Waals surface area contributed by atoms with Gasteiger partial charge in [0.1, 0.15) is 5.15 Å². The smallest absolute Gasteiger partial charge is 0.331 e. The number of benzene rings is 1. The van der Waals surface area contributed by atoms with Crippen LogP contribution in [0.25, 0.3) is 6.08 Å². The number of rotatable bonds is 7. The Bertz CT molecular complexity index is 800. The minimum Gasteiger partial charge on any atom is -0.449 e. The Hall–Kier alpha value is -2.60. The van der Waals surface area contributed by atoms with Crippen molar-refractivity contribution in [2.75, 3.05) is 6.54 Å². The molecular formula is C19H22ClN3O3. The number of hydrogen-bond donors (Lipinski definition) is 1. The third-order valence-electron chi connectivity index (χ3n) is 3.68. The van der Waals surface area contributed by atoms with Crippen molar-refractivity contribution in [3.8, 4) is 0 Å². The number of amides is 1. The van der Waals surface area contributed by atoms with Crippen LogP contribution in [-0.2, 0) is 20.9 Å². The van der Waals surface area contributed by atoms with Crippen molar-refractivity contribution < 1.29 is 14.3 Å². The van der Waals surface area contributed by atoms with Crippen LogP contribution >= 0.6 is 11.6 Å². The molecule has 0 saturated heterocycles. The standard InChI is InChI=1S/C19H22ClN3O3/c1-4-21-19(25)14(3)26-17(24)11-10-16-13(2)22-23(18(16)20)12-15-8-6-5-7-9-15/h5-11,14H,4,12H2,1-3H3,(H,21,25)/b11-10+/t14-/m0/s1. The van der Waals surface area contributed by atoms with Gasteiger partial charge in [-0.2, -0.15) is 5.10 Å². The predicted molar refractivity (Wildman–Crippen MR) is 101 cm³/mol. The van der Waals surface area contributed by atoms with E-state index in [0.717, 1.165) is 5.56 Å². The van der Waals surface area contributed by atoms with Crippen LogP contribution < -0.4 is 5.32 Å². The molecule has 7 heteroatoms. The van der Waals surface area contributed by atoms with Crippen LogP contribution in [0.15, 0.2) is 36.4 Å². The van der Waals surface area contributed by atoms with E-state index in [1.165, 1.54) is 13.0 Å². The molecule has 0 saturated carbocycles. The molecule has 2 aromatic rings. The fraction of sp³-hybridized carbons (Fsp3) is 0.316. The number of hydrogen-bond acceptors (Lipinski definition) is 4. The third-order valence-corrected chi connectivity index (χ3v) is 4.08. The van der Waals surface area contributed by atoms with E-state index >= 15 is 0 Å². The zero-order chi connectivity index (χ0) is 19.1. The molecule has 0 aliphatic heterocycles. The molecule has 1 amide bonds. The van der Waals surface area contributed by atoms with Crippen molar-refractivity contribution in [3.63, 3.8) is 0 Å². The molecule has 0 radical (unpaired) electrons. The minimum absolute atomic E-state index is 0.334. The third kappa shape index (κ3) is 5.20. The van der Waals surface area contributed by atoms with Crippen LogP contribution in [0.1, 0.15) is 30.7 Å². The topological polar surface area (TPSA) is 73.2 Å². The maximum Gasteiger partial charge on any atom is 0.331 e. The second-order valence-electron chi connectivity index (χ2n) is 5.74. The number of nitrogens with zero attached hydrogens (tertiary/aromatic N) is 2. The van der Waals surface area contributed by atoms with Gasteiger partial charge < -0.3 is 10.1 Å². The van der Waals surface area contributed by atoms with Crippen molar-refractivity contribution in [2.45, 2.75) is 33.4 Å². The monoisotopic (exact) mass is 375 g/mol. The Morgan fingerprint density at radius 1 is 1.35 bits per heavy atom. The summed E-state index contributed by atoms with van der Waals surface area (Å²) in [5.74, 6) is -0.950. The molecule has 0 unspecified atom stereocenters. The summed E-state index contributed by atoms with van der Waals surface area (Å²) in [6, 6.07) is 9.82. The Morgan fingerprint density at radius 3 is 2.69 bits per heavy atom. The fourth-order valence-corrected chi connectivity index (χ4v) is 2.65. The van der Waals surface area contributed by atoms with Crippen LogP contribution in [0.3, 0.4) is 0 Å². The van der Waals surface area contributed by atoms with Crippen LogP contribution in [0.4, 0.5) is 0 Å². The number of nitrogens with one attached hydrogen (secondary N) is 1. The Balaban J connectivity index is 2.06. The summed E-state index contributed by atoms with van der Waals surface area (Å²) >= 11 is 6.39. The number of carbonyl (C=O) groups is 2. The summed E-state index contributed by atoms with van der Waals surface area (Å²) in [5.41, 5.74) is 2.42. The lowest BCUT2D eigenvalue weighted by molar-refractivity contribution is -0.150. The predicted octanol–water partition coefficient (Wildman–Crippen LogP) is 2.97. The Kier molecular flexibility index (Phi) is 6.97. The van der Waals surface area contributed by atoms with Crippen molar-refractivity contribution in [2.24, 2.45) is 0 Å². The van der Waals surface area contributed by atoms with Gasteiger partial charge in [-0.1, -0.05) is 41.9 Å². The zero-order valence-electron chi connectivity index (χ0n) is 15.0. The summed E-state index contributed by atoms with van der Waals surface area (Å²) in [5, 5.41) is 7.45. The summed E-state index contributed by atoms with van der Waals surface area (Å²) in [7, 11) is 0. The Morgan fingerprint density at radius 2 is 2.04 bits per heavy atom. The van der Waals surface area contributed by atoms with Gasteiger partial charge >= 0.3 is 5.97 Å². The van der Waals surface area contributed by atoms with E-state index in [1.54, 1.807) is 17.7 Å². The number of likely N-dealkylation sites (N-methyl/N-ethyl adjacent to an activating group) is 1. The molecule has 1 heterocycles. The van der Waals surface area contributed by atoms with E-state index in [-0.39, 0.29) is 5.91 Å². The number of ether oxygens (including phenoxy) is 1. The number of halogens is 1. The van der Waals surface area contributed by atoms with Crippen LogP contribution in [0.2, 0.25) is 5.15 Å². The van der Waals surface area contributed by atoms with Gasteiger partial charge in [0.15, 0.2) is 6.10 Å². The minimum atomic E-state index is -0.857. The first-order chi connectivity index (χ1) is 12.4. The van der Waals surface area contributed by atoms with E-state index in [1.807, 2.05) is 37.3 Å². The molecule has 0 aliphatic carbocycles. The van der Waals surface area contributed by atoms with E-state index in [9.17, 15) is 9.59 Å². The molecular weight excluding hydrogens is 354 g/mol. The van der Waals surface area contributed by atoms with Crippen molar-refractivity contribution in [3.05, 3.63) is 58.4 Å². The highest BCUT2D eigenvalue weighted by Gasteiger charge is 2.16. The molecule has 0 fully saturated rings. The molecule has 138 valence electrons. The van der Waals surface area contributed by atoms with Crippen LogP contribution in [0, 0.1) is 6.92 Å². The highest BCUT2D eigenvalue weighted by Crippen LogP contribution is 2.22. The van der Waals surface area contributed by atoms with Crippen LogP contribution in [0.5, 0.6) is 0 Å². The average molecular weight is 376 g/mol. The van der Waals surface area contributed by atoms with E-state index in [2.05, 4.69) is 10.4 Å². The molecule has 0 aliphatic rings. The molecule has 2 rings (SSSR count). The summed E-state index contributed by atoms with van der Waals surface area (Å²) in [6.45, 7) is 6.14. The first kappa shape index (κ1) is 19.7. The van der Waals surface area contributed by atoms with Crippen LogP contribution in [-0.4, -0.2) is 34.3 Å². The number of carbonyl (C=O) groups excluding carboxylic acids is 2. The summed E-state index contributed by atoms with van der Waals surface area (Å²) < 4.78 is 6.74. The molecule has 6 nitrogen and oxygen atoms in total. The Labute approximate surface area is 157 Å². The first-order valence-corrected chi connectivity index (χ1v) is 8.73. The molecule has 0 bridgehead atoms. The number of aryl methyl sites for hydroxylation is 1. The number of esters is 1. The highest BCUT2D eigenvalue weighted by molar-refractivity contribution is 6.31. The lowest BCUT2D eigenvalue weighted by Crippen LogP contribution is -2.35. The lowest BCUT2D eigenvalue weighted by Gasteiger charge is -2.10. The quantitative estimate of drug-likeness (QED) is 0.596. The zero-order valence-corrected chi connectivity index (χ0v) is 15.8. The normalized spacial score (nSPS) is 12.2. The second kappa shape index (κ2) is 9.20. The van der Waals surface area contributed by atoms with Gasteiger partial charge in [-0.15, -0.1) is 0 Å². The molecule has 26 heavy (non-hydrogen) atoms. The van der Waals surface area contributed by atoms with Gasteiger partial charge in [-0.25, -0.2) is 9.48 Å². The van der Waals surface area contributed by atoms with E-state index < -0.39 is 12.1 Å². The first-order valence-electron chi connectivity index (χ1n) is 8.35. The summed E-state index contributed by atoms with van der Waals surface area (Å²) in [6.07, 6.45) is 1.95. The molecule has 1 atom stereocenters. The van der Waals surface area contributed by atoms with Gasteiger partial charge in [0.2, 0.25) is 0 Å². The average Bonchev–Trinajstić information content (AvgIpc) is 2.87. The maximum absolute atomic E-state index is 11.9. The van der Waals surface area contributed by atoms with E-state index in [4.69, 9.17) is 16.3 Å². The molecule has 0 spiro atoms. The number of aromatic nitrogens is 2. The van der Waals surface area contributed by atoms with E-state index in [0.29, 0.717) is 29.5 Å². The second-order valence-corrected chi connectivity index (χ2v) is 6.10. The SMILES string of the molecule is CCNC(=O)[C@H](C)OC(=O)/C=C/c1c(C)nn(Cc2ccccc2)c1Cl. The van der Waals surface area contributed by atoms with Gasteiger partial charge in [-0.3, -0.25) is 4.79 Å². The molecule has 1 aromatic carbocycles. The maximum atomic E-state index is 11.9. The largest absolute Gasteiger partial charge is 0.449 e. The van der Waals surface area contributed by atoms with Gasteiger partial charge in [0, 0.05) is 18.2 Å². The summed E-state index contributed by atoms with van der Waals surface area (Å²) in [4.78, 5) is 23.5. The van der Waals surface area contributed by atoms with Crippen molar-refractivity contribution in [1.29, 1.82) is 0 Å². The highest BCUT2D eigenvalue weighted by atomic mass is 35.5. The van der Waals surface area contributed by atoms with Crippen molar-refractivity contribution in [1.82, 2.24) is 15.1 Å². The van der Waals surface area contributed by atoms with Crippen molar-refractivity contribution >= 4 is 29.6 Å². The van der Waals surface area contributed by atoms with Gasteiger partial charge in [0.25, 0.3) is 5.91 Å². The molecule has 1 aromatic heterocycles. The van der Waals surface area contributed by atoms with Gasteiger partial charge in [0.05, 0.1) is 12.2 Å². The fourth-order valence-electron chi connectivity index (χ4n) is 2.35. The molecule has 1 N–H and O–H groups in total. The lowest BCUT2D eigenvalue weighted by atomic mass is 10.2.